The molecule has 3 rings (SSSR count). The SMILES string of the molecule is CCC1CCC(C2CCC(C3OCC(CCCC(F)(F)F)CO3)CC2)CC1. The van der Waals surface area contributed by atoms with Crippen molar-refractivity contribution in [2.45, 2.75) is 96.4 Å². The molecule has 0 aromatic rings. The Hall–Kier alpha value is -0.290. The first-order valence-corrected chi connectivity index (χ1v) is 11.2. The highest BCUT2D eigenvalue weighted by Gasteiger charge is 2.36. The molecule has 5 heteroatoms. The van der Waals surface area contributed by atoms with Crippen LogP contribution < -0.4 is 0 Å². The van der Waals surface area contributed by atoms with Gasteiger partial charge >= 0.3 is 6.18 Å². The standard InChI is InChI=1S/C22H37F3O2/c1-2-16-5-7-18(8-6-16)19-9-11-20(12-10-19)21-26-14-17(15-27-21)4-3-13-22(23,24)25/h16-21H,2-15H2,1H3. The molecule has 0 radical (unpaired) electrons. The fourth-order valence-corrected chi connectivity index (χ4v) is 5.54. The van der Waals surface area contributed by atoms with Crippen LogP contribution in [0.25, 0.3) is 0 Å². The largest absolute Gasteiger partial charge is 0.389 e. The van der Waals surface area contributed by atoms with Gasteiger partial charge < -0.3 is 9.47 Å². The Bertz CT molecular complexity index is 416. The molecule has 0 amide bonds. The molecule has 2 aliphatic carbocycles. The van der Waals surface area contributed by atoms with Crippen LogP contribution in [0.3, 0.4) is 0 Å². The molecule has 0 spiro atoms. The maximum Gasteiger partial charge on any atom is 0.389 e. The van der Waals surface area contributed by atoms with Crippen LogP contribution in [0.5, 0.6) is 0 Å². The molecule has 0 aromatic carbocycles. The average molecular weight is 391 g/mol. The van der Waals surface area contributed by atoms with E-state index in [1.165, 1.54) is 57.8 Å². The number of alkyl halides is 3. The third kappa shape index (κ3) is 6.62. The van der Waals surface area contributed by atoms with Crippen molar-refractivity contribution < 1.29 is 22.6 Å². The van der Waals surface area contributed by atoms with Gasteiger partial charge in [-0.15, -0.1) is 0 Å². The zero-order valence-electron chi connectivity index (χ0n) is 16.8. The summed E-state index contributed by atoms with van der Waals surface area (Å²) in [6.07, 6.45) is 7.83. The minimum atomic E-state index is -4.05. The molecule has 158 valence electrons. The van der Waals surface area contributed by atoms with Gasteiger partial charge in [0.1, 0.15) is 0 Å². The lowest BCUT2D eigenvalue weighted by Crippen LogP contribution is -2.39. The summed E-state index contributed by atoms with van der Waals surface area (Å²) < 4.78 is 48.6. The lowest BCUT2D eigenvalue weighted by Gasteiger charge is -2.41. The Kier molecular flexibility index (Phi) is 7.90. The maximum absolute atomic E-state index is 12.3. The average Bonchev–Trinajstić information content (AvgIpc) is 2.68. The predicted molar refractivity (Wildman–Crippen MR) is 100 cm³/mol. The molecular weight excluding hydrogens is 353 g/mol. The summed E-state index contributed by atoms with van der Waals surface area (Å²) >= 11 is 0. The van der Waals surface area contributed by atoms with Crippen molar-refractivity contribution in [1.82, 2.24) is 0 Å². The Balaban J connectivity index is 1.31. The third-order valence-corrected chi connectivity index (χ3v) is 7.40. The van der Waals surface area contributed by atoms with Gasteiger partial charge in [-0.25, -0.2) is 0 Å². The first-order valence-electron chi connectivity index (χ1n) is 11.2. The lowest BCUT2D eigenvalue weighted by atomic mass is 9.69. The van der Waals surface area contributed by atoms with Gasteiger partial charge in [0.25, 0.3) is 0 Å². The summed E-state index contributed by atoms with van der Waals surface area (Å²) in [4.78, 5) is 0. The summed E-state index contributed by atoms with van der Waals surface area (Å²) in [6, 6.07) is 0. The fraction of sp³-hybridized carbons (Fsp3) is 1.00. The lowest BCUT2D eigenvalue weighted by molar-refractivity contribution is -0.231. The fourth-order valence-electron chi connectivity index (χ4n) is 5.54. The van der Waals surface area contributed by atoms with Gasteiger partial charge in [0, 0.05) is 18.3 Å². The highest BCUT2D eigenvalue weighted by atomic mass is 19.4. The summed E-state index contributed by atoms with van der Waals surface area (Å²) in [6.45, 7) is 3.44. The molecule has 1 heterocycles. The van der Waals surface area contributed by atoms with Crippen LogP contribution in [0.1, 0.15) is 84.0 Å². The second-order valence-corrected chi connectivity index (χ2v) is 9.27. The molecule has 3 aliphatic rings. The van der Waals surface area contributed by atoms with Gasteiger partial charge in [0.15, 0.2) is 6.29 Å². The van der Waals surface area contributed by atoms with Gasteiger partial charge in [0.2, 0.25) is 0 Å². The third-order valence-electron chi connectivity index (χ3n) is 7.40. The molecule has 0 N–H and O–H groups in total. The van der Waals surface area contributed by atoms with Crippen LogP contribution in [0.2, 0.25) is 0 Å². The number of ether oxygens (including phenoxy) is 2. The quantitative estimate of drug-likeness (QED) is 0.500. The van der Waals surface area contributed by atoms with Gasteiger partial charge in [-0.1, -0.05) is 26.2 Å². The molecule has 1 saturated heterocycles. The van der Waals surface area contributed by atoms with Crippen molar-refractivity contribution in [3.05, 3.63) is 0 Å². The van der Waals surface area contributed by atoms with E-state index in [-0.39, 0.29) is 18.6 Å². The number of halogens is 3. The second kappa shape index (κ2) is 9.96. The topological polar surface area (TPSA) is 18.5 Å². The van der Waals surface area contributed by atoms with E-state index < -0.39 is 12.6 Å². The van der Waals surface area contributed by atoms with Gasteiger partial charge in [-0.2, -0.15) is 13.2 Å². The van der Waals surface area contributed by atoms with E-state index in [9.17, 15) is 13.2 Å². The minimum Gasteiger partial charge on any atom is -0.352 e. The highest BCUT2D eigenvalue weighted by molar-refractivity contribution is 4.83. The molecule has 2 nitrogen and oxygen atoms in total. The van der Waals surface area contributed by atoms with Crippen LogP contribution in [0.15, 0.2) is 0 Å². The Morgan fingerprint density at radius 3 is 1.78 bits per heavy atom. The van der Waals surface area contributed by atoms with Crippen molar-refractivity contribution in [3.63, 3.8) is 0 Å². The Morgan fingerprint density at radius 2 is 1.26 bits per heavy atom. The number of hydrogen-bond donors (Lipinski definition) is 0. The predicted octanol–water partition coefficient (Wildman–Crippen LogP) is 6.73. The van der Waals surface area contributed by atoms with E-state index >= 15 is 0 Å². The van der Waals surface area contributed by atoms with Crippen LogP contribution >= 0.6 is 0 Å². The first kappa shape index (κ1) is 21.4. The maximum atomic E-state index is 12.3. The van der Waals surface area contributed by atoms with Crippen LogP contribution in [0.4, 0.5) is 13.2 Å². The van der Waals surface area contributed by atoms with Crippen molar-refractivity contribution in [3.8, 4) is 0 Å². The Morgan fingerprint density at radius 1 is 0.741 bits per heavy atom. The molecule has 0 bridgehead atoms. The van der Waals surface area contributed by atoms with Crippen molar-refractivity contribution in [1.29, 1.82) is 0 Å². The van der Waals surface area contributed by atoms with E-state index in [1.54, 1.807) is 0 Å². The van der Waals surface area contributed by atoms with E-state index in [2.05, 4.69) is 6.92 Å². The zero-order chi connectivity index (χ0) is 19.3. The normalized spacial score (nSPS) is 38.7. The van der Waals surface area contributed by atoms with Crippen LogP contribution in [0, 0.1) is 29.6 Å². The van der Waals surface area contributed by atoms with Gasteiger partial charge in [-0.3, -0.25) is 0 Å². The second-order valence-electron chi connectivity index (χ2n) is 9.27. The first-order chi connectivity index (χ1) is 12.9. The Labute approximate surface area is 162 Å². The van der Waals surface area contributed by atoms with E-state index in [1.807, 2.05) is 0 Å². The van der Waals surface area contributed by atoms with Crippen molar-refractivity contribution >= 4 is 0 Å². The van der Waals surface area contributed by atoms with Crippen LogP contribution in [-0.2, 0) is 9.47 Å². The zero-order valence-corrected chi connectivity index (χ0v) is 16.8. The van der Waals surface area contributed by atoms with E-state index in [4.69, 9.17) is 9.47 Å². The van der Waals surface area contributed by atoms with E-state index in [0.29, 0.717) is 25.6 Å². The summed E-state index contributed by atoms with van der Waals surface area (Å²) in [5.74, 6) is 3.38. The minimum absolute atomic E-state index is 0.119. The molecule has 1 aliphatic heterocycles. The molecule has 0 atom stereocenters. The van der Waals surface area contributed by atoms with Gasteiger partial charge in [0.05, 0.1) is 13.2 Å². The summed E-state index contributed by atoms with van der Waals surface area (Å²) in [5.41, 5.74) is 0. The molecular formula is C22H37F3O2. The molecule has 0 aromatic heterocycles. The molecule has 3 fully saturated rings. The van der Waals surface area contributed by atoms with Gasteiger partial charge in [-0.05, 0) is 69.1 Å². The number of hydrogen-bond acceptors (Lipinski definition) is 2. The van der Waals surface area contributed by atoms with Crippen molar-refractivity contribution in [2.24, 2.45) is 29.6 Å². The molecule has 27 heavy (non-hydrogen) atoms. The van der Waals surface area contributed by atoms with Crippen LogP contribution in [-0.4, -0.2) is 25.7 Å². The van der Waals surface area contributed by atoms with E-state index in [0.717, 1.165) is 17.8 Å². The highest BCUT2D eigenvalue weighted by Crippen LogP contribution is 2.43. The smallest absolute Gasteiger partial charge is 0.352 e. The number of rotatable bonds is 6. The summed E-state index contributed by atoms with van der Waals surface area (Å²) in [5, 5.41) is 0. The monoisotopic (exact) mass is 390 g/mol. The summed E-state index contributed by atoms with van der Waals surface area (Å²) in [7, 11) is 0. The van der Waals surface area contributed by atoms with Crippen molar-refractivity contribution in [2.75, 3.05) is 13.2 Å². The molecule has 2 saturated carbocycles. The molecule has 0 unspecified atom stereocenters.